The number of hydrogen-bond acceptors (Lipinski definition) is 4. The fourth-order valence-electron chi connectivity index (χ4n) is 3.10. The molecule has 5 heteroatoms. The second-order valence-electron chi connectivity index (χ2n) is 6.48. The highest BCUT2D eigenvalue weighted by Gasteiger charge is 2.29. The van der Waals surface area contributed by atoms with Gasteiger partial charge in [-0.1, -0.05) is 36.4 Å². The molecule has 122 valence electrons. The maximum absolute atomic E-state index is 11.5. The standard InChI is InChI=1S/C18H21NO3S/c1-18(20,16-7-9-17(10-8-16)23(2,21)22)13-19-11-14-5-3-4-6-15(14)12-19/h3-10,20H,11-13H2,1-2H3/t18-/m1/s1. The van der Waals surface area contributed by atoms with E-state index in [9.17, 15) is 13.5 Å². The van der Waals surface area contributed by atoms with Crippen LogP contribution in [-0.4, -0.2) is 31.2 Å². The molecule has 0 spiro atoms. The Morgan fingerprint density at radius 2 is 1.57 bits per heavy atom. The van der Waals surface area contributed by atoms with Gasteiger partial charge in [0.2, 0.25) is 0 Å². The van der Waals surface area contributed by atoms with E-state index in [0.717, 1.165) is 18.7 Å². The lowest BCUT2D eigenvalue weighted by molar-refractivity contribution is 0.0145. The van der Waals surface area contributed by atoms with E-state index in [1.807, 2.05) is 12.1 Å². The summed E-state index contributed by atoms with van der Waals surface area (Å²) in [7, 11) is -3.22. The third kappa shape index (κ3) is 3.47. The Hall–Kier alpha value is -1.69. The Balaban J connectivity index is 1.75. The largest absolute Gasteiger partial charge is 0.384 e. The van der Waals surface area contributed by atoms with E-state index in [2.05, 4.69) is 17.0 Å². The first-order valence-corrected chi connectivity index (χ1v) is 9.47. The Kier molecular flexibility index (Phi) is 4.04. The van der Waals surface area contributed by atoms with Gasteiger partial charge < -0.3 is 5.11 Å². The van der Waals surface area contributed by atoms with Crippen molar-refractivity contribution in [3.8, 4) is 0 Å². The quantitative estimate of drug-likeness (QED) is 0.934. The van der Waals surface area contributed by atoms with Crippen LogP contribution in [0.1, 0.15) is 23.6 Å². The van der Waals surface area contributed by atoms with Crippen LogP contribution in [0.2, 0.25) is 0 Å². The Morgan fingerprint density at radius 1 is 1.04 bits per heavy atom. The number of rotatable bonds is 4. The summed E-state index contributed by atoms with van der Waals surface area (Å²) in [6.07, 6.45) is 1.18. The summed E-state index contributed by atoms with van der Waals surface area (Å²) in [5.41, 5.74) is 2.30. The van der Waals surface area contributed by atoms with E-state index >= 15 is 0 Å². The fraction of sp³-hybridized carbons (Fsp3) is 0.333. The van der Waals surface area contributed by atoms with Crippen molar-refractivity contribution in [1.29, 1.82) is 0 Å². The highest BCUT2D eigenvalue weighted by atomic mass is 32.2. The number of aliphatic hydroxyl groups is 1. The summed E-state index contributed by atoms with van der Waals surface area (Å²) >= 11 is 0. The zero-order chi connectivity index (χ0) is 16.7. The van der Waals surface area contributed by atoms with Crippen LogP contribution in [0.25, 0.3) is 0 Å². The summed E-state index contributed by atoms with van der Waals surface area (Å²) in [6.45, 7) is 3.92. The van der Waals surface area contributed by atoms with Crippen LogP contribution in [-0.2, 0) is 28.5 Å². The van der Waals surface area contributed by atoms with Crippen molar-refractivity contribution in [3.63, 3.8) is 0 Å². The van der Waals surface area contributed by atoms with Crippen molar-refractivity contribution >= 4 is 9.84 Å². The topological polar surface area (TPSA) is 57.6 Å². The lowest BCUT2D eigenvalue weighted by Crippen LogP contribution is -2.36. The summed E-state index contributed by atoms with van der Waals surface area (Å²) in [5, 5.41) is 10.8. The van der Waals surface area contributed by atoms with Crippen molar-refractivity contribution in [2.45, 2.75) is 30.5 Å². The van der Waals surface area contributed by atoms with Crippen molar-refractivity contribution in [1.82, 2.24) is 4.90 Å². The lowest BCUT2D eigenvalue weighted by atomic mass is 9.95. The molecule has 0 amide bonds. The molecule has 1 aliphatic rings. The minimum atomic E-state index is -3.22. The number of β-amino-alcohol motifs (C(OH)–C–C–N with tert-alkyl or cyclic N) is 1. The van der Waals surface area contributed by atoms with E-state index in [0.29, 0.717) is 6.54 Å². The van der Waals surface area contributed by atoms with Crippen LogP contribution >= 0.6 is 0 Å². The minimum absolute atomic E-state index is 0.269. The van der Waals surface area contributed by atoms with Crippen LogP contribution < -0.4 is 0 Å². The van der Waals surface area contributed by atoms with E-state index in [4.69, 9.17) is 0 Å². The molecule has 3 rings (SSSR count). The van der Waals surface area contributed by atoms with Crippen LogP contribution in [0, 0.1) is 0 Å². The Morgan fingerprint density at radius 3 is 2.04 bits per heavy atom. The van der Waals surface area contributed by atoms with Crippen molar-refractivity contribution in [2.75, 3.05) is 12.8 Å². The smallest absolute Gasteiger partial charge is 0.175 e. The zero-order valence-corrected chi connectivity index (χ0v) is 14.2. The first kappa shape index (κ1) is 16.2. The van der Waals surface area contributed by atoms with Gasteiger partial charge in [-0.2, -0.15) is 0 Å². The molecule has 4 nitrogen and oxygen atoms in total. The summed E-state index contributed by atoms with van der Waals surface area (Å²) < 4.78 is 23.1. The Labute approximate surface area is 137 Å². The second-order valence-corrected chi connectivity index (χ2v) is 8.50. The van der Waals surface area contributed by atoms with E-state index in [1.54, 1.807) is 31.2 Å². The number of nitrogens with zero attached hydrogens (tertiary/aromatic N) is 1. The average Bonchev–Trinajstić information content (AvgIpc) is 2.87. The van der Waals surface area contributed by atoms with Crippen LogP contribution in [0.3, 0.4) is 0 Å². The summed E-state index contributed by atoms with van der Waals surface area (Å²) in [5.74, 6) is 0. The van der Waals surface area contributed by atoms with Gasteiger partial charge in [0.1, 0.15) is 0 Å². The van der Waals surface area contributed by atoms with Gasteiger partial charge in [-0.15, -0.1) is 0 Å². The number of sulfone groups is 1. The lowest BCUT2D eigenvalue weighted by Gasteiger charge is -2.29. The molecule has 1 atom stereocenters. The molecule has 0 fully saturated rings. The van der Waals surface area contributed by atoms with Crippen LogP contribution in [0.5, 0.6) is 0 Å². The van der Waals surface area contributed by atoms with E-state index in [1.165, 1.54) is 17.4 Å². The third-order valence-corrected chi connectivity index (χ3v) is 5.47. The number of benzene rings is 2. The van der Waals surface area contributed by atoms with E-state index < -0.39 is 15.4 Å². The Bertz CT molecular complexity index is 785. The van der Waals surface area contributed by atoms with Gasteiger partial charge in [0, 0.05) is 25.9 Å². The minimum Gasteiger partial charge on any atom is -0.384 e. The molecule has 0 radical (unpaired) electrons. The molecule has 0 unspecified atom stereocenters. The predicted octanol–water partition coefficient (Wildman–Crippen LogP) is 2.31. The van der Waals surface area contributed by atoms with Gasteiger partial charge >= 0.3 is 0 Å². The monoisotopic (exact) mass is 331 g/mol. The van der Waals surface area contributed by atoms with E-state index in [-0.39, 0.29) is 4.90 Å². The number of fused-ring (bicyclic) bond motifs is 1. The highest BCUT2D eigenvalue weighted by Crippen LogP contribution is 2.28. The molecule has 2 aromatic carbocycles. The predicted molar refractivity (Wildman–Crippen MR) is 89.7 cm³/mol. The van der Waals surface area contributed by atoms with Crippen molar-refractivity contribution in [3.05, 3.63) is 65.2 Å². The first-order chi connectivity index (χ1) is 10.8. The maximum Gasteiger partial charge on any atom is 0.175 e. The molecular weight excluding hydrogens is 310 g/mol. The number of hydrogen-bond donors (Lipinski definition) is 1. The van der Waals surface area contributed by atoms with Crippen molar-refractivity contribution in [2.24, 2.45) is 0 Å². The van der Waals surface area contributed by atoms with Gasteiger partial charge in [-0.05, 0) is 35.7 Å². The third-order valence-electron chi connectivity index (χ3n) is 4.34. The molecule has 1 N–H and O–H groups in total. The molecule has 1 aliphatic heterocycles. The fourth-order valence-corrected chi connectivity index (χ4v) is 3.73. The van der Waals surface area contributed by atoms with Gasteiger partial charge in [-0.25, -0.2) is 8.42 Å². The van der Waals surface area contributed by atoms with Gasteiger partial charge in [0.25, 0.3) is 0 Å². The molecule has 0 saturated carbocycles. The molecule has 0 aliphatic carbocycles. The average molecular weight is 331 g/mol. The molecule has 0 saturated heterocycles. The van der Waals surface area contributed by atoms with Crippen LogP contribution in [0.15, 0.2) is 53.4 Å². The summed E-state index contributed by atoms with van der Waals surface area (Å²) in [4.78, 5) is 2.47. The first-order valence-electron chi connectivity index (χ1n) is 7.58. The molecule has 1 heterocycles. The molecule has 0 aromatic heterocycles. The van der Waals surface area contributed by atoms with Crippen molar-refractivity contribution < 1.29 is 13.5 Å². The second kappa shape index (κ2) is 5.74. The summed E-state index contributed by atoms with van der Waals surface area (Å²) in [6, 6.07) is 14.8. The van der Waals surface area contributed by atoms with Gasteiger partial charge in [-0.3, -0.25) is 4.90 Å². The molecular formula is C18H21NO3S. The van der Waals surface area contributed by atoms with Gasteiger partial charge in [0.05, 0.1) is 10.5 Å². The molecule has 2 aromatic rings. The van der Waals surface area contributed by atoms with Gasteiger partial charge in [0.15, 0.2) is 9.84 Å². The molecule has 23 heavy (non-hydrogen) atoms. The molecule has 0 bridgehead atoms. The maximum atomic E-state index is 11.5. The SMILES string of the molecule is C[C@@](O)(CN1Cc2ccccc2C1)c1ccc(S(C)(=O)=O)cc1. The normalized spacial score (nSPS) is 17.7. The van der Waals surface area contributed by atoms with Crippen LogP contribution in [0.4, 0.5) is 0 Å². The zero-order valence-electron chi connectivity index (χ0n) is 13.4. The highest BCUT2D eigenvalue weighted by molar-refractivity contribution is 7.90.